The topological polar surface area (TPSA) is 104 Å². The predicted octanol–water partition coefficient (Wildman–Crippen LogP) is 1.98. The summed E-state index contributed by atoms with van der Waals surface area (Å²) in [5, 5.41) is 5.79. The molecule has 0 radical (unpaired) electrons. The summed E-state index contributed by atoms with van der Waals surface area (Å²) in [5.41, 5.74) is 1.67. The number of hydrogen-bond acceptors (Lipinski definition) is 4. The molecule has 0 saturated carbocycles. The maximum Gasteiger partial charge on any atom is 0.258 e. The van der Waals surface area contributed by atoms with Crippen LogP contribution in [0.25, 0.3) is 10.9 Å². The summed E-state index contributed by atoms with van der Waals surface area (Å²) < 4.78 is 0. The average Bonchev–Trinajstić information content (AvgIpc) is 2.72. The monoisotopic (exact) mass is 388 g/mol. The standard InChI is InChI=1S/C22H20N4O3/c1-2-15-7-5-8-16(13-15)24-21(28)14-23-20(27)12-6-11-19-25-18-10-4-3-9-17(18)22(29)26-19/h1,3-5,7-10,13H,6,11-12,14H2,(H,23,27)(H,24,28)(H,25,26,29). The molecule has 2 amide bonds. The van der Waals surface area contributed by atoms with E-state index in [1.54, 1.807) is 42.5 Å². The fraction of sp³-hybridized carbons (Fsp3) is 0.182. The van der Waals surface area contributed by atoms with Crippen molar-refractivity contribution in [3.05, 3.63) is 70.3 Å². The summed E-state index contributed by atoms with van der Waals surface area (Å²) in [6, 6.07) is 14.0. The number of carbonyl (C=O) groups is 2. The van der Waals surface area contributed by atoms with Crippen molar-refractivity contribution in [3.63, 3.8) is 0 Å². The lowest BCUT2D eigenvalue weighted by Gasteiger charge is -2.07. The maximum atomic E-state index is 12.0. The Hall–Kier alpha value is -3.92. The second-order valence-electron chi connectivity index (χ2n) is 6.43. The van der Waals surface area contributed by atoms with Crippen LogP contribution in [0.15, 0.2) is 53.3 Å². The van der Waals surface area contributed by atoms with Crippen molar-refractivity contribution >= 4 is 28.4 Å². The molecule has 7 heteroatoms. The molecule has 2 aromatic carbocycles. The molecule has 0 atom stereocenters. The van der Waals surface area contributed by atoms with Crippen molar-refractivity contribution in [2.45, 2.75) is 19.3 Å². The van der Waals surface area contributed by atoms with Gasteiger partial charge in [-0.25, -0.2) is 4.98 Å². The third-order valence-corrected chi connectivity index (χ3v) is 4.24. The Labute approximate surface area is 167 Å². The smallest absolute Gasteiger partial charge is 0.258 e. The molecule has 0 unspecified atom stereocenters. The van der Waals surface area contributed by atoms with Gasteiger partial charge in [0, 0.05) is 24.1 Å². The van der Waals surface area contributed by atoms with Crippen LogP contribution in [-0.4, -0.2) is 28.3 Å². The lowest BCUT2D eigenvalue weighted by molar-refractivity contribution is -0.124. The SMILES string of the molecule is C#Cc1cccc(NC(=O)CNC(=O)CCCc2nc3ccccc3c(=O)[nH]2)c1. The summed E-state index contributed by atoms with van der Waals surface area (Å²) in [4.78, 5) is 43.1. The number of fused-ring (bicyclic) bond motifs is 1. The van der Waals surface area contributed by atoms with E-state index in [0.717, 1.165) is 0 Å². The normalized spacial score (nSPS) is 10.3. The number of anilines is 1. The number of aromatic nitrogens is 2. The van der Waals surface area contributed by atoms with Crippen LogP contribution in [0, 0.1) is 12.3 Å². The molecule has 3 rings (SSSR count). The minimum atomic E-state index is -0.340. The number of H-pyrrole nitrogens is 1. The van der Waals surface area contributed by atoms with E-state index in [1.807, 2.05) is 6.07 Å². The van der Waals surface area contributed by atoms with Gasteiger partial charge in [-0.05, 0) is 36.8 Å². The average molecular weight is 388 g/mol. The van der Waals surface area contributed by atoms with Gasteiger partial charge in [0.05, 0.1) is 17.4 Å². The lowest BCUT2D eigenvalue weighted by atomic mass is 10.2. The van der Waals surface area contributed by atoms with Gasteiger partial charge in [0.15, 0.2) is 0 Å². The first-order chi connectivity index (χ1) is 14.0. The number of para-hydroxylation sites is 1. The van der Waals surface area contributed by atoms with Crippen LogP contribution in [0.3, 0.4) is 0 Å². The van der Waals surface area contributed by atoms with E-state index in [2.05, 4.69) is 26.5 Å². The summed E-state index contributed by atoms with van der Waals surface area (Å²) in [6.07, 6.45) is 6.50. The first-order valence-corrected chi connectivity index (χ1v) is 9.16. The molecule has 3 aromatic rings. The number of aromatic amines is 1. The fourth-order valence-corrected chi connectivity index (χ4v) is 2.83. The van der Waals surface area contributed by atoms with E-state index < -0.39 is 0 Å². The number of nitrogens with one attached hydrogen (secondary N) is 3. The Kier molecular flexibility index (Phi) is 6.38. The molecule has 3 N–H and O–H groups in total. The second kappa shape index (κ2) is 9.33. The molecule has 0 bridgehead atoms. The van der Waals surface area contributed by atoms with Crippen molar-refractivity contribution in [3.8, 4) is 12.3 Å². The Morgan fingerprint density at radius 2 is 1.93 bits per heavy atom. The van der Waals surface area contributed by atoms with Crippen LogP contribution in [0.4, 0.5) is 5.69 Å². The molecule has 0 aliphatic rings. The first-order valence-electron chi connectivity index (χ1n) is 9.16. The molecule has 1 aromatic heterocycles. The maximum absolute atomic E-state index is 12.0. The van der Waals surface area contributed by atoms with Gasteiger partial charge in [0.2, 0.25) is 11.8 Å². The Balaban J connectivity index is 1.44. The number of terminal acetylenes is 1. The molecule has 0 fully saturated rings. The summed E-state index contributed by atoms with van der Waals surface area (Å²) in [6.45, 7) is -0.135. The van der Waals surface area contributed by atoms with Crippen LogP contribution in [0.5, 0.6) is 0 Å². The first kappa shape index (κ1) is 19.8. The highest BCUT2D eigenvalue weighted by molar-refractivity contribution is 5.94. The number of nitrogens with zero attached hydrogens (tertiary/aromatic N) is 1. The van der Waals surface area contributed by atoms with Crippen LogP contribution in [-0.2, 0) is 16.0 Å². The van der Waals surface area contributed by atoms with E-state index in [9.17, 15) is 14.4 Å². The van der Waals surface area contributed by atoms with E-state index >= 15 is 0 Å². The van der Waals surface area contributed by atoms with Gasteiger partial charge in [-0.3, -0.25) is 14.4 Å². The highest BCUT2D eigenvalue weighted by atomic mass is 16.2. The third kappa shape index (κ3) is 5.53. The number of amides is 2. The zero-order chi connectivity index (χ0) is 20.6. The van der Waals surface area contributed by atoms with Gasteiger partial charge >= 0.3 is 0 Å². The highest BCUT2D eigenvalue weighted by Gasteiger charge is 2.08. The van der Waals surface area contributed by atoms with Crippen LogP contribution in [0.2, 0.25) is 0 Å². The van der Waals surface area contributed by atoms with Gasteiger partial charge in [0.1, 0.15) is 5.82 Å². The number of aryl methyl sites for hydroxylation is 1. The van der Waals surface area contributed by atoms with Crippen molar-refractivity contribution in [1.29, 1.82) is 0 Å². The van der Waals surface area contributed by atoms with E-state index in [0.29, 0.717) is 40.8 Å². The lowest BCUT2D eigenvalue weighted by Crippen LogP contribution is -2.32. The fourth-order valence-electron chi connectivity index (χ4n) is 2.83. The van der Waals surface area contributed by atoms with E-state index in [4.69, 9.17) is 6.42 Å². The summed E-state index contributed by atoms with van der Waals surface area (Å²) in [7, 11) is 0. The highest BCUT2D eigenvalue weighted by Crippen LogP contribution is 2.09. The zero-order valence-corrected chi connectivity index (χ0v) is 15.7. The van der Waals surface area contributed by atoms with Crippen LogP contribution >= 0.6 is 0 Å². The Bertz CT molecular complexity index is 1140. The van der Waals surface area contributed by atoms with Crippen molar-refractivity contribution in [2.75, 3.05) is 11.9 Å². The number of benzene rings is 2. The molecule has 7 nitrogen and oxygen atoms in total. The minimum absolute atomic E-state index is 0.135. The summed E-state index contributed by atoms with van der Waals surface area (Å²) in [5.74, 6) is 2.44. The number of rotatable bonds is 7. The Morgan fingerprint density at radius 3 is 2.76 bits per heavy atom. The molecule has 146 valence electrons. The molecule has 1 heterocycles. The molecule has 0 aliphatic carbocycles. The van der Waals surface area contributed by atoms with Crippen molar-refractivity contribution < 1.29 is 9.59 Å². The van der Waals surface area contributed by atoms with Crippen LogP contribution < -0.4 is 16.2 Å². The number of carbonyl (C=O) groups excluding carboxylic acids is 2. The number of hydrogen-bond donors (Lipinski definition) is 3. The molecule has 29 heavy (non-hydrogen) atoms. The van der Waals surface area contributed by atoms with Crippen molar-refractivity contribution in [2.24, 2.45) is 0 Å². The second-order valence-corrected chi connectivity index (χ2v) is 6.43. The molecule has 0 spiro atoms. The minimum Gasteiger partial charge on any atom is -0.347 e. The van der Waals surface area contributed by atoms with Gasteiger partial charge in [-0.15, -0.1) is 6.42 Å². The molecular weight excluding hydrogens is 368 g/mol. The van der Waals surface area contributed by atoms with Crippen molar-refractivity contribution in [1.82, 2.24) is 15.3 Å². The predicted molar refractivity (Wildman–Crippen MR) is 111 cm³/mol. The molecular formula is C22H20N4O3. The van der Waals surface area contributed by atoms with Gasteiger partial charge in [-0.1, -0.05) is 24.1 Å². The third-order valence-electron chi connectivity index (χ3n) is 4.24. The van der Waals surface area contributed by atoms with E-state index in [1.165, 1.54) is 0 Å². The summed E-state index contributed by atoms with van der Waals surface area (Å²) >= 11 is 0. The quantitative estimate of drug-likeness (QED) is 0.539. The van der Waals surface area contributed by atoms with E-state index in [-0.39, 0.29) is 30.3 Å². The van der Waals surface area contributed by atoms with Gasteiger partial charge in [0.25, 0.3) is 5.56 Å². The van der Waals surface area contributed by atoms with Gasteiger partial charge in [-0.2, -0.15) is 0 Å². The molecule has 0 aliphatic heterocycles. The largest absolute Gasteiger partial charge is 0.347 e. The van der Waals surface area contributed by atoms with Crippen LogP contribution in [0.1, 0.15) is 24.2 Å². The van der Waals surface area contributed by atoms with Gasteiger partial charge < -0.3 is 15.6 Å². The Morgan fingerprint density at radius 1 is 1.10 bits per heavy atom. The molecule has 0 saturated heterocycles. The zero-order valence-electron chi connectivity index (χ0n) is 15.7.